The Morgan fingerprint density at radius 3 is 2.24 bits per heavy atom. The van der Waals surface area contributed by atoms with Gasteiger partial charge in [-0.25, -0.2) is 0 Å². The Bertz CT molecular complexity index is 1080. The van der Waals surface area contributed by atoms with Gasteiger partial charge in [-0.05, 0) is 55.2 Å². The summed E-state index contributed by atoms with van der Waals surface area (Å²) in [7, 11) is 0. The Labute approximate surface area is 201 Å². The van der Waals surface area contributed by atoms with E-state index in [1.54, 1.807) is 17.0 Å². The van der Waals surface area contributed by atoms with Gasteiger partial charge in [0.05, 0.1) is 6.42 Å². The molecular formula is C28H31ClN2O2. The molecule has 4 nitrogen and oxygen atoms in total. The number of hydrogen-bond donors (Lipinski definition) is 1. The van der Waals surface area contributed by atoms with Crippen LogP contribution in [-0.2, 0) is 29.0 Å². The van der Waals surface area contributed by atoms with Gasteiger partial charge in [-0.2, -0.15) is 0 Å². The number of nitrogens with zero attached hydrogens (tertiary/aromatic N) is 1. The second kappa shape index (κ2) is 11.7. The van der Waals surface area contributed by atoms with Gasteiger partial charge >= 0.3 is 0 Å². The van der Waals surface area contributed by atoms with Crippen molar-refractivity contribution in [3.8, 4) is 0 Å². The van der Waals surface area contributed by atoms with Gasteiger partial charge in [0.1, 0.15) is 6.04 Å². The molecule has 0 fully saturated rings. The zero-order valence-electron chi connectivity index (χ0n) is 19.4. The fourth-order valence-corrected chi connectivity index (χ4v) is 4.04. The third-order valence-corrected chi connectivity index (χ3v) is 5.78. The standard InChI is InChI=1S/C28H31ClN2O2/c1-20(2)30-28(33)26(17-22-11-5-4-6-12-22)31(19-24-14-8-7-10-21(24)3)27(32)18-23-13-9-15-25(29)16-23/h4-16,20,26H,17-19H2,1-3H3,(H,30,33)/t26-/m1/s1. The highest BCUT2D eigenvalue weighted by Gasteiger charge is 2.31. The lowest BCUT2D eigenvalue weighted by atomic mass is 10.00. The van der Waals surface area contributed by atoms with Crippen molar-refractivity contribution in [2.24, 2.45) is 0 Å². The van der Waals surface area contributed by atoms with Crippen LogP contribution in [-0.4, -0.2) is 28.8 Å². The molecule has 0 saturated heterocycles. The van der Waals surface area contributed by atoms with E-state index in [9.17, 15) is 9.59 Å². The Hall–Kier alpha value is -3.11. The molecule has 0 aliphatic carbocycles. The number of aryl methyl sites for hydroxylation is 1. The fraction of sp³-hybridized carbons (Fsp3) is 0.286. The van der Waals surface area contributed by atoms with Crippen molar-refractivity contribution in [1.82, 2.24) is 10.2 Å². The fourth-order valence-electron chi connectivity index (χ4n) is 3.83. The summed E-state index contributed by atoms with van der Waals surface area (Å²) < 4.78 is 0. The van der Waals surface area contributed by atoms with Crippen molar-refractivity contribution in [3.05, 3.63) is 106 Å². The van der Waals surface area contributed by atoms with Crippen LogP contribution in [0.1, 0.15) is 36.1 Å². The van der Waals surface area contributed by atoms with Crippen molar-refractivity contribution < 1.29 is 9.59 Å². The highest BCUT2D eigenvalue weighted by atomic mass is 35.5. The van der Waals surface area contributed by atoms with Crippen LogP contribution in [0.4, 0.5) is 0 Å². The number of carbonyl (C=O) groups excluding carboxylic acids is 2. The Kier molecular flexibility index (Phi) is 8.67. The average Bonchev–Trinajstić information content (AvgIpc) is 2.77. The van der Waals surface area contributed by atoms with E-state index in [2.05, 4.69) is 5.32 Å². The van der Waals surface area contributed by atoms with Gasteiger partial charge in [0.25, 0.3) is 0 Å². The van der Waals surface area contributed by atoms with Crippen LogP contribution in [0.25, 0.3) is 0 Å². The van der Waals surface area contributed by atoms with Gasteiger partial charge in [-0.3, -0.25) is 9.59 Å². The number of carbonyl (C=O) groups is 2. The molecule has 0 bridgehead atoms. The summed E-state index contributed by atoms with van der Waals surface area (Å²) >= 11 is 6.15. The Morgan fingerprint density at radius 1 is 0.909 bits per heavy atom. The molecule has 3 rings (SSSR count). The maximum absolute atomic E-state index is 13.7. The van der Waals surface area contributed by atoms with Crippen molar-refractivity contribution in [3.63, 3.8) is 0 Å². The smallest absolute Gasteiger partial charge is 0.243 e. The molecule has 0 radical (unpaired) electrons. The lowest BCUT2D eigenvalue weighted by Gasteiger charge is -2.32. The maximum Gasteiger partial charge on any atom is 0.243 e. The van der Waals surface area contributed by atoms with Crippen molar-refractivity contribution in [1.29, 1.82) is 0 Å². The maximum atomic E-state index is 13.7. The molecule has 5 heteroatoms. The number of benzene rings is 3. The largest absolute Gasteiger partial charge is 0.352 e. The van der Waals surface area contributed by atoms with Gasteiger partial charge in [-0.1, -0.05) is 78.3 Å². The van der Waals surface area contributed by atoms with Crippen molar-refractivity contribution in [2.45, 2.75) is 52.2 Å². The monoisotopic (exact) mass is 462 g/mol. The predicted molar refractivity (Wildman–Crippen MR) is 134 cm³/mol. The predicted octanol–water partition coefficient (Wildman–Crippen LogP) is 5.36. The first-order valence-corrected chi connectivity index (χ1v) is 11.6. The molecule has 0 heterocycles. The molecule has 0 aliphatic heterocycles. The SMILES string of the molecule is Cc1ccccc1CN(C(=O)Cc1cccc(Cl)c1)[C@H](Cc1ccccc1)C(=O)NC(C)C. The molecule has 0 aliphatic rings. The lowest BCUT2D eigenvalue weighted by molar-refractivity contribution is -0.141. The molecule has 2 amide bonds. The number of halogens is 1. The topological polar surface area (TPSA) is 49.4 Å². The minimum Gasteiger partial charge on any atom is -0.352 e. The summed E-state index contributed by atoms with van der Waals surface area (Å²) in [5, 5.41) is 3.61. The summed E-state index contributed by atoms with van der Waals surface area (Å²) in [5.41, 5.74) is 3.94. The van der Waals surface area contributed by atoms with E-state index >= 15 is 0 Å². The summed E-state index contributed by atoms with van der Waals surface area (Å²) in [6.45, 7) is 6.23. The minimum absolute atomic E-state index is 0.0286. The first kappa shape index (κ1) is 24.5. The molecule has 172 valence electrons. The number of amides is 2. The molecule has 0 aromatic heterocycles. The molecular weight excluding hydrogens is 432 g/mol. The van der Waals surface area contributed by atoms with Crippen LogP contribution in [0.2, 0.25) is 5.02 Å². The summed E-state index contributed by atoms with van der Waals surface area (Å²) in [6.07, 6.45) is 0.610. The molecule has 0 spiro atoms. The van der Waals surface area contributed by atoms with E-state index in [0.717, 1.165) is 22.3 Å². The van der Waals surface area contributed by atoms with Crippen LogP contribution in [0.3, 0.4) is 0 Å². The molecule has 0 saturated carbocycles. The summed E-state index contributed by atoms with van der Waals surface area (Å²) in [4.78, 5) is 28.7. The zero-order valence-corrected chi connectivity index (χ0v) is 20.2. The normalized spacial score (nSPS) is 11.8. The third kappa shape index (κ3) is 7.19. The van der Waals surface area contributed by atoms with Gasteiger partial charge in [-0.15, -0.1) is 0 Å². The first-order chi connectivity index (χ1) is 15.8. The number of hydrogen-bond acceptors (Lipinski definition) is 2. The summed E-state index contributed by atoms with van der Waals surface area (Å²) in [5.74, 6) is -0.262. The molecule has 0 unspecified atom stereocenters. The van der Waals surface area contributed by atoms with Crippen molar-refractivity contribution >= 4 is 23.4 Å². The van der Waals surface area contributed by atoms with E-state index in [-0.39, 0.29) is 24.3 Å². The molecule has 3 aromatic rings. The van der Waals surface area contributed by atoms with Crippen LogP contribution < -0.4 is 5.32 Å². The highest BCUT2D eigenvalue weighted by Crippen LogP contribution is 2.19. The highest BCUT2D eigenvalue weighted by molar-refractivity contribution is 6.30. The Balaban J connectivity index is 1.98. The second-order valence-corrected chi connectivity index (χ2v) is 9.06. The van der Waals surface area contributed by atoms with Crippen LogP contribution in [0.5, 0.6) is 0 Å². The van der Waals surface area contributed by atoms with Gasteiger partial charge < -0.3 is 10.2 Å². The quantitative estimate of drug-likeness (QED) is 0.465. The van der Waals surface area contributed by atoms with Gasteiger partial charge in [0.2, 0.25) is 11.8 Å². The van der Waals surface area contributed by atoms with E-state index in [0.29, 0.717) is 18.0 Å². The summed E-state index contributed by atoms with van der Waals surface area (Å²) in [6, 6.07) is 24.4. The second-order valence-electron chi connectivity index (χ2n) is 8.62. The first-order valence-electron chi connectivity index (χ1n) is 11.3. The van der Waals surface area contributed by atoms with E-state index in [1.807, 2.05) is 87.5 Å². The molecule has 3 aromatic carbocycles. The lowest BCUT2D eigenvalue weighted by Crippen LogP contribution is -2.52. The third-order valence-electron chi connectivity index (χ3n) is 5.55. The molecule has 1 N–H and O–H groups in total. The minimum atomic E-state index is -0.638. The average molecular weight is 463 g/mol. The zero-order chi connectivity index (χ0) is 23.8. The van der Waals surface area contributed by atoms with Gasteiger partial charge in [0.15, 0.2) is 0 Å². The van der Waals surface area contributed by atoms with E-state index in [1.165, 1.54) is 0 Å². The van der Waals surface area contributed by atoms with Crippen molar-refractivity contribution in [2.75, 3.05) is 0 Å². The van der Waals surface area contributed by atoms with E-state index in [4.69, 9.17) is 11.6 Å². The van der Waals surface area contributed by atoms with Crippen LogP contribution >= 0.6 is 11.6 Å². The van der Waals surface area contributed by atoms with E-state index < -0.39 is 6.04 Å². The number of nitrogens with one attached hydrogen (secondary N) is 1. The van der Waals surface area contributed by atoms with Gasteiger partial charge in [0, 0.05) is 24.0 Å². The molecule has 33 heavy (non-hydrogen) atoms. The van der Waals surface area contributed by atoms with Crippen LogP contribution in [0, 0.1) is 6.92 Å². The van der Waals surface area contributed by atoms with Crippen LogP contribution in [0.15, 0.2) is 78.9 Å². The molecule has 1 atom stereocenters. The Morgan fingerprint density at radius 2 is 1.58 bits per heavy atom. The number of rotatable bonds is 9.